The van der Waals surface area contributed by atoms with Crippen molar-refractivity contribution in [3.8, 4) is 22.9 Å². The summed E-state index contributed by atoms with van der Waals surface area (Å²) in [6.07, 6.45) is 2.07. The first-order chi connectivity index (χ1) is 12.0. The van der Waals surface area contributed by atoms with Gasteiger partial charge in [-0.15, -0.1) is 11.3 Å². The molecular formula is C19H22N2O3S. The minimum Gasteiger partial charge on any atom is -0.493 e. The maximum Gasteiger partial charge on any atom is 0.260 e. The number of hydrogen-bond donors (Lipinski definition) is 1. The molecule has 5 nitrogen and oxygen atoms in total. The van der Waals surface area contributed by atoms with Gasteiger partial charge in [0.1, 0.15) is 10.7 Å². The molecule has 0 aliphatic rings. The Labute approximate surface area is 150 Å². The van der Waals surface area contributed by atoms with Gasteiger partial charge in [0.25, 0.3) is 5.56 Å². The highest BCUT2D eigenvalue weighted by atomic mass is 32.1. The van der Waals surface area contributed by atoms with Gasteiger partial charge < -0.3 is 14.5 Å². The Hall–Kier alpha value is -2.34. The highest BCUT2D eigenvalue weighted by molar-refractivity contribution is 7.18. The van der Waals surface area contributed by atoms with E-state index in [4.69, 9.17) is 9.47 Å². The Morgan fingerprint density at radius 3 is 2.76 bits per heavy atom. The van der Waals surface area contributed by atoms with Gasteiger partial charge in [-0.05, 0) is 44.0 Å². The van der Waals surface area contributed by atoms with Gasteiger partial charge in [-0.1, -0.05) is 13.3 Å². The van der Waals surface area contributed by atoms with E-state index in [1.54, 1.807) is 18.4 Å². The molecule has 0 radical (unpaired) electrons. The van der Waals surface area contributed by atoms with Crippen LogP contribution in [0.3, 0.4) is 0 Å². The number of nitrogens with one attached hydrogen (secondary N) is 1. The standard InChI is InChI=1S/C19H22N2O3S/c1-5-6-9-24-14-8-7-13(10-15(14)23-4)17-20-18(22)16-11(2)12(3)25-19(16)21-17/h7-8,10H,5-6,9H2,1-4H3,(H,20,21,22). The lowest BCUT2D eigenvalue weighted by molar-refractivity contribution is 0.288. The average molecular weight is 358 g/mol. The number of hydrogen-bond acceptors (Lipinski definition) is 5. The SMILES string of the molecule is CCCCOc1ccc(-c2nc3sc(C)c(C)c3c(=O)[nH]2)cc1OC. The van der Waals surface area contributed by atoms with Crippen LogP contribution in [-0.4, -0.2) is 23.7 Å². The van der Waals surface area contributed by atoms with Crippen molar-refractivity contribution < 1.29 is 9.47 Å². The lowest BCUT2D eigenvalue weighted by atomic mass is 10.1. The van der Waals surface area contributed by atoms with Crippen molar-refractivity contribution in [2.24, 2.45) is 0 Å². The van der Waals surface area contributed by atoms with E-state index in [2.05, 4.69) is 16.9 Å². The van der Waals surface area contributed by atoms with Gasteiger partial charge in [0.15, 0.2) is 11.5 Å². The molecule has 132 valence electrons. The Balaban J connectivity index is 2.01. The van der Waals surface area contributed by atoms with Crippen molar-refractivity contribution in [1.29, 1.82) is 0 Å². The fraction of sp³-hybridized carbons (Fsp3) is 0.368. The van der Waals surface area contributed by atoms with E-state index in [1.165, 1.54) is 0 Å². The number of methoxy groups -OCH3 is 1. The summed E-state index contributed by atoms with van der Waals surface area (Å²) >= 11 is 1.54. The molecular weight excluding hydrogens is 336 g/mol. The van der Waals surface area contributed by atoms with Crippen LogP contribution in [-0.2, 0) is 0 Å². The zero-order valence-electron chi connectivity index (χ0n) is 14.9. The zero-order valence-corrected chi connectivity index (χ0v) is 15.8. The Bertz CT molecular complexity index is 959. The molecule has 0 atom stereocenters. The largest absolute Gasteiger partial charge is 0.493 e. The maximum absolute atomic E-state index is 12.5. The molecule has 2 heterocycles. The smallest absolute Gasteiger partial charge is 0.260 e. The molecule has 0 saturated carbocycles. The first kappa shape index (κ1) is 17.5. The summed E-state index contributed by atoms with van der Waals surface area (Å²) in [5.74, 6) is 1.87. The number of aromatic nitrogens is 2. The van der Waals surface area contributed by atoms with Crippen molar-refractivity contribution in [3.63, 3.8) is 0 Å². The number of unbranched alkanes of at least 4 members (excludes halogenated alkanes) is 1. The third kappa shape index (κ3) is 3.39. The first-order valence-electron chi connectivity index (χ1n) is 8.36. The fourth-order valence-corrected chi connectivity index (χ4v) is 3.68. The number of ether oxygens (including phenoxy) is 2. The monoisotopic (exact) mass is 358 g/mol. The Morgan fingerprint density at radius 1 is 1.24 bits per heavy atom. The van der Waals surface area contributed by atoms with Gasteiger partial charge >= 0.3 is 0 Å². The lowest BCUT2D eigenvalue weighted by Gasteiger charge is -2.11. The summed E-state index contributed by atoms with van der Waals surface area (Å²) in [5.41, 5.74) is 1.68. The summed E-state index contributed by atoms with van der Waals surface area (Å²) in [6.45, 7) is 6.74. The van der Waals surface area contributed by atoms with Crippen LogP contribution in [0.15, 0.2) is 23.0 Å². The summed E-state index contributed by atoms with van der Waals surface area (Å²) in [6, 6.07) is 5.60. The Morgan fingerprint density at radius 2 is 2.04 bits per heavy atom. The van der Waals surface area contributed by atoms with Gasteiger partial charge in [0.2, 0.25) is 0 Å². The number of thiophene rings is 1. The van der Waals surface area contributed by atoms with Crippen molar-refractivity contribution in [1.82, 2.24) is 9.97 Å². The minimum atomic E-state index is -0.107. The third-order valence-corrected chi connectivity index (χ3v) is 5.33. The average Bonchev–Trinajstić information content (AvgIpc) is 2.90. The normalized spacial score (nSPS) is 11.0. The number of rotatable bonds is 6. The van der Waals surface area contributed by atoms with Gasteiger partial charge in [0.05, 0.1) is 19.1 Å². The number of nitrogens with zero attached hydrogens (tertiary/aromatic N) is 1. The second kappa shape index (κ2) is 7.27. The van der Waals surface area contributed by atoms with Gasteiger partial charge in [-0.25, -0.2) is 4.98 Å². The van der Waals surface area contributed by atoms with Crippen LogP contribution in [0.5, 0.6) is 11.5 Å². The van der Waals surface area contributed by atoms with Gasteiger partial charge in [-0.2, -0.15) is 0 Å². The quantitative estimate of drug-likeness (QED) is 0.661. The van der Waals surface area contributed by atoms with Crippen LogP contribution in [0.4, 0.5) is 0 Å². The second-order valence-electron chi connectivity index (χ2n) is 5.95. The molecule has 1 N–H and O–H groups in total. The zero-order chi connectivity index (χ0) is 18.0. The van der Waals surface area contributed by atoms with Crippen molar-refractivity contribution >= 4 is 21.6 Å². The fourth-order valence-electron chi connectivity index (χ4n) is 2.65. The summed E-state index contributed by atoms with van der Waals surface area (Å²) in [7, 11) is 1.61. The molecule has 1 aromatic carbocycles. The van der Waals surface area contributed by atoms with Crippen LogP contribution < -0.4 is 15.0 Å². The molecule has 0 bridgehead atoms. The molecule has 6 heteroatoms. The molecule has 0 saturated heterocycles. The van der Waals surface area contributed by atoms with Crippen LogP contribution in [0.25, 0.3) is 21.6 Å². The van der Waals surface area contributed by atoms with Crippen molar-refractivity contribution in [2.45, 2.75) is 33.6 Å². The predicted octanol–water partition coefficient (Wildman–Crippen LogP) is 4.46. The predicted molar refractivity (Wildman–Crippen MR) is 102 cm³/mol. The number of H-pyrrole nitrogens is 1. The molecule has 2 aromatic heterocycles. The van der Waals surface area contributed by atoms with Gasteiger partial charge in [-0.3, -0.25) is 4.79 Å². The van der Waals surface area contributed by atoms with E-state index < -0.39 is 0 Å². The topological polar surface area (TPSA) is 64.2 Å². The number of fused-ring (bicyclic) bond motifs is 1. The Kier molecular flexibility index (Phi) is 5.08. The van der Waals surface area contributed by atoms with E-state index in [0.29, 0.717) is 29.3 Å². The van der Waals surface area contributed by atoms with E-state index in [0.717, 1.165) is 33.7 Å². The van der Waals surface area contributed by atoms with Crippen LogP contribution >= 0.6 is 11.3 Å². The molecule has 0 fully saturated rings. The number of aryl methyl sites for hydroxylation is 2. The molecule has 3 aromatic rings. The molecule has 0 unspecified atom stereocenters. The highest BCUT2D eigenvalue weighted by Crippen LogP contribution is 2.33. The first-order valence-corrected chi connectivity index (χ1v) is 9.18. The second-order valence-corrected chi connectivity index (χ2v) is 7.15. The molecule has 3 rings (SSSR count). The van der Waals surface area contributed by atoms with E-state index in [1.807, 2.05) is 32.0 Å². The van der Waals surface area contributed by atoms with Gasteiger partial charge in [0, 0.05) is 10.4 Å². The maximum atomic E-state index is 12.5. The molecule has 25 heavy (non-hydrogen) atoms. The van der Waals surface area contributed by atoms with E-state index in [-0.39, 0.29) is 5.56 Å². The molecule has 0 amide bonds. The lowest BCUT2D eigenvalue weighted by Crippen LogP contribution is -2.09. The summed E-state index contributed by atoms with van der Waals surface area (Å²) < 4.78 is 11.2. The van der Waals surface area contributed by atoms with Crippen LogP contribution in [0.1, 0.15) is 30.2 Å². The van der Waals surface area contributed by atoms with E-state index >= 15 is 0 Å². The molecule has 0 aliphatic heterocycles. The van der Waals surface area contributed by atoms with E-state index in [9.17, 15) is 4.79 Å². The summed E-state index contributed by atoms with van der Waals surface area (Å²) in [5, 5.41) is 0.678. The van der Waals surface area contributed by atoms with Crippen molar-refractivity contribution in [2.75, 3.05) is 13.7 Å². The number of benzene rings is 1. The minimum absolute atomic E-state index is 0.107. The van der Waals surface area contributed by atoms with Crippen LogP contribution in [0.2, 0.25) is 0 Å². The molecule has 0 aliphatic carbocycles. The highest BCUT2D eigenvalue weighted by Gasteiger charge is 2.14. The third-order valence-electron chi connectivity index (χ3n) is 4.23. The van der Waals surface area contributed by atoms with Crippen molar-refractivity contribution in [3.05, 3.63) is 39.0 Å². The van der Waals surface area contributed by atoms with Crippen LogP contribution in [0, 0.1) is 13.8 Å². The summed E-state index contributed by atoms with van der Waals surface area (Å²) in [4.78, 5) is 21.9. The number of aromatic amines is 1. The molecule has 0 spiro atoms.